The van der Waals surface area contributed by atoms with Crippen LogP contribution in [0.4, 0.5) is 0 Å². The normalized spacial score (nSPS) is 12.1. The fraction of sp³-hybridized carbons (Fsp3) is 0.348. The third-order valence-electron chi connectivity index (χ3n) is 5.13. The molecule has 158 valence electrons. The highest BCUT2D eigenvalue weighted by Gasteiger charge is 2.18. The van der Waals surface area contributed by atoms with Crippen LogP contribution in [0, 0.1) is 5.92 Å². The number of hydrogen-bond donors (Lipinski definition) is 2. The largest absolute Gasteiger partial charge is 0.497 e. The van der Waals surface area contributed by atoms with Crippen molar-refractivity contribution >= 4 is 16.8 Å². The zero-order valence-corrected chi connectivity index (χ0v) is 17.5. The number of aromatic nitrogens is 2. The summed E-state index contributed by atoms with van der Waals surface area (Å²) in [5, 5.41) is 3.52. The molecule has 0 aliphatic rings. The lowest BCUT2D eigenvalue weighted by atomic mass is 9.95. The van der Waals surface area contributed by atoms with E-state index >= 15 is 0 Å². The Bertz CT molecular complexity index is 1130. The van der Waals surface area contributed by atoms with Gasteiger partial charge in [0, 0.05) is 13.0 Å². The number of benzene rings is 2. The van der Waals surface area contributed by atoms with Crippen LogP contribution < -0.4 is 21.3 Å². The number of amides is 1. The second kappa shape index (κ2) is 9.43. The zero-order chi connectivity index (χ0) is 21.7. The molecule has 0 spiro atoms. The highest BCUT2D eigenvalue weighted by atomic mass is 16.5. The van der Waals surface area contributed by atoms with Gasteiger partial charge in [0.05, 0.1) is 24.1 Å². The average molecular weight is 409 g/mol. The maximum Gasteiger partial charge on any atom is 0.328 e. The van der Waals surface area contributed by atoms with Gasteiger partial charge in [-0.05, 0) is 42.2 Å². The molecule has 0 radical (unpaired) electrons. The number of nitrogens with one attached hydrogen (secondary N) is 2. The molecule has 1 amide bonds. The zero-order valence-electron chi connectivity index (χ0n) is 17.5. The van der Waals surface area contributed by atoms with Gasteiger partial charge in [-0.1, -0.05) is 38.1 Å². The molecule has 0 bridgehead atoms. The molecule has 2 N–H and O–H groups in total. The number of aromatic amines is 1. The summed E-state index contributed by atoms with van der Waals surface area (Å²) in [6, 6.07) is 14.4. The van der Waals surface area contributed by atoms with E-state index in [-0.39, 0.29) is 36.4 Å². The van der Waals surface area contributed by atoms with E-state index in [1.165, 1.54) is 0 Å². The number of carbonyl (C=O) groups is 1. The summed E-state index contributed by atoms with van der Waals surface area (Å²) in [5.41, 5.74) is 0.715. The van der Waals surface area contributed by atoms with Crippen molar-refractivity contribution in [3.63, 3.8) is 0 Å². The summed E-state index contributed by atoms with van der Waals surface area (Å²) < 4.78 is 6.34. The first-order chi connectivity index (χ1) is 14.4. The van der Waals surface area contributed by atoms with Crippen LogP contribution in [-0.4, -0.2) is 22.6 Å². The molecule has 0 aliphatic heterocycles. The van der Waals surface area contributed by atoms with Crippen LogP contribution in [0.2, 0.25) is 0 Å². The minimum Gasteiger partial charge on any atom is -0.497 e. The number of ether oxygens (including phenoxy) is 1. The third kappa shape index (κ3) is 4.79. The molecule has 1 atom stereocenters. The number of fused-ring (bicyclic) bond motifs is 1. The van der Waals surface area contributed by atoms with Gasteiger partial charge in [-0.25, -0.2) is 4.79 Å². The Morgan fingerprint density at radius 2 is 1.80 bits per heavy atom. The average Bonchev–Trinajstić information content (AvgIpc) is 2.74. The van der Waals surface area contributed by atoms with E-state index in [9.17, 15) is 14.4 Å². The summed E-state index contributed by atoms with van der Waals surface area (Å²) in [4.78, 5) is 40.0. The summed E-state index contributed by atoms with van der Waals surface area (Å²) >= 11 is 0. The number of hydrogen-bond acceptors (Lipinski definition) is 4. The molecule has 3 rings (SSSR count). The van der Waals surface area contributed by atoms with Gasteiger partial charge < -0.3 is 15.0 Å². The number of carbonyl (C=O) groups excluding carboxylic acids is 1. The summed E-state index contributed by atoms with van der Waals surface area (Å²) in [6.07, 6.45) is 0.610. The minimum atomic E-state index is -0.461. The molecule has 1 heterocycles. The van der Waals surface area contributed by atoms with Crippen LogP contribution >= 0.6 is 0 Å². The number of H-pyrrole nitrogens is 1. The molecule has 3 aromatic rings. The number of nitrogens with zero attached hydrogens (tertiary/aromatic N) is 1. The molecule has 2 aromatic carbocycles. The Morgan fingerprint density at radius 3 is 2.47 bits per heavy atom. The van der Waals surface area contributed by atoms with Crippen molar-refractivity contribution in [2.75, 3.05) is 7.11 Å². The maximum atomic E-state index is 12.6. The molecule has 30 heavy (non-hydrogen) atoms. The molecular weight excluding hydrogens is 382 g/mol. The molecular formula is C23H27N3O4. The van der Waals surface area contributed by atoms with E-state index < -0.39 is 5.69 Å². The van der Waals surface area contributed by atoms with Crippen LogP contribution in [0.1, 0.15) is 38.3 Å². The first-order valence-corrected chi connectivity index (χ1v) is 10.1. The van der Waals surface area contributed by atoms with E-state index in [1.807, 2.05) is 38.1 Å². The van der Waals surface area contributed by atoms with Crippen molar-refractivity contribution in [1.29, 1.82) is 0 Å². The first kappa shape index (κ1) is 21.4. The van der Waals surface area contributed by atoms with Gasteiger partial charge in [0.15, 0.2) is 0 Å². The third-order valence-corrected chi connectivity index (χ3v) is 5.13. The smallest absolute Gasteiger partial charge is 0.328 e. The summed E-state index contributed by atoms with van der Waals surface area (Å²) in [7, 11) is 1.61. The monoisotopic (exact) mass is 409 g/mol. The maximum absolute atomic E-state index is 12.6. The SMILES string of the molecule is COc1ccc([C@@H](NC(=O)CCCn2c(=O)[nH]c3ccccc3c2=O)C(C)C)cc1. The lowest BCUT2D eigenvalue weighted by Gasteiger charge is -2.23. The Kier molecular flexibility index (Phi) is 6.72. The molecule has 0 aliphatic carbocycles. The predicted molar refractivity (Wildman–Crippen MR) is 117 cm³/mol. The molecule has 0 fully saturated rings. The molecule has 7 nitrogen and oxygen atoms in total. The van der Waals surface area contributed by atoms with Crippen LogP contribution in [0.5, 0.6) is 5.75 Å². The fourth-order valence-corrected chi connectivity index (χ4v) is 3.49. The van der Waals surface area contributed by atoms with Crippen LogP contribution in [0.3, 0.4) is 0 Å². The van der Waals surface area contributed by atoms with Crippen LogP contribution in [0.15, 0.2) is 58.1 Å². The van der Waals surface area contributed by atoms with E-state index in [4.69, 9.17) is 4.74 Å². The number of methoxy groups -OCH3 is 1. The second-order valence-corrected chi connectivity index (χ2v) is 7.60. The molecule has 1 aromatic heterocycles. The van der Waals surface area contributed by atoms with E-state index in [1.54, 1.807) is 31.4 Å². The quantitative estimate of drug-likeness (QED) is 0.598. The Labute approximate surface area is 174 Å². The second-order valence-electron chi connectivity index (χ2n) is 7.60. The fourth-order valence-electron chi connectivity index (χ4n) is 3.49. The van der Waals surface area contributed by atoms with E-state index in [0.29, 0.717) is 17.3 Å². The Hall–Kier alpha value is -3.35. The van der Waals surface area contributed by atoms with Gasteiger partial charge in [0.1, 0.15) is 5.75 Å². The van der Waals surface area contributed by atoms with Crippen molar-refractivity contribution in [3.8, 4) is 5.75 Å². The number of para-hydroxylation sites is 1. The highest BCUT2D eigenvalue weighted by molar-refractivity contribution is 5.77. The lowest BCUT2D eigenvalue weighted by Crippen LogP contribution is -2.36. The Morgan fingerprint density at radius 1 is 1.10 bits per heavy atom. The van der Waals surface area contributed by atoms with Crippen molar-refractivity contribution in [2.45, 2.75) is 39.3 Å². The van der Waals surface area contributed by atoms with Gasteiger partial charge >= 0.3 is 5.69 Å². The molecule has 0 saturated carbocycles. The van der Waals surface area contributed by atoms with Gasteiger partial charge in [-0.2, -0.15) is 0 Å². The van der Waals surface area contributed by atoms with Crippen LogP contribution in [-0.2, 0) is 11.3 Å². The van der Waals surface area contributed by atoms with Crippen molar-refractivity contribution in [3.05, 3.63) is 74.9 Å². The molecule has 7 heteroatoms. The van der Waals surface area contributed by atoms with E-state index in [0.717, 1.165) is 15.9 Å². The van der Waals surface area contributed by atoms with E-state index in [2.05, 4.69) is 10.3 Å². The van der Waals surface area contributed by atoms with Crippen molar-refractivity contribution < 1.29 is 9.53 Å². The van der Waals surface area contributed by atoms with Gasteiger partial charge in [-0.3, -0.25) is 14.2 Å². The Balaban J connectivity index is 1.64. The lowest BCUT2D eigenvalue weighted by molar-refractivity contribution is -0.122. The topological polar surface area (TPSA) is 93.2 Å². The van der Waals surface area contributed by atoms with Crippen LogP contribution in [0.25, 0.3) is 10.9 Å². The minimum absolute atomic E-state index is 0.116. The highest BCUT2D eigenvalue weighted by Crippen LogP contribution is 2.24. The molecule has 0 saturated heterocycles. The predicted octanol–water partition coefficient (Wildman–Crippen LogP) is 2.99. The van der Waals surface area contributed by atoms with Gasteiger partial charge in [0.2, 0.25) is 5.91 Å². The first-order valence-electron chi connectivity index (χ1n) is 10.1. The van der Waals surface area contributed by atoms with Gasteiger partial charge in [-0.15, -0.1) is 0 Å². The van der Waals surface area contributed by atoms with Crippen molar-refractivity contribution in [2.24, 2.45) is 5.92 Å². The van der Waals surface area contributed by atoms with Gasteiger partial charge in [0.25, 0.3) is 5.56 Å². The summed E-state index contributed by atoms with van der Waals surface area (Å²) in [6.45, 7) is 4.27. The molecule has 0 unspecified atom stereocenters. The van der Waals surface area contributed by atoms with Crippen molar-refractivity contribution in [1.82, 2.24) is 14.9 Å². The summed E-state index contributed by atoms with van der Waals surface area (Å²) in [5.74, 6) is 0.849. The number of rotatable bonds is 8. The standard InChI is InChI=1S/C23H27N3O4/c1-15(2)21(16-10-12-17(30-3)13-11-16)25-20(27)9-6-14-26-22(28)18-7-4-5-8-19(18)24-23(26)29/h4-5,7-8,10-13,15,21H,6,9,14H2,1-3H3,(H,24,29)(H,25,27)/t21-/m0/s1.